The van der Waals surface area contributed by atoms with Crippen LogP contribution in [0.25, 0.3) is 0 Å². The Hall–Kier alpha value is -0.460. The third kappa shape index (κ3) is 2.86. The van der Waals surface area contributed by atoms with Crippen LogP contribution in [0.3, 0.4) is 0 Å². The molecule has 17 heavy (non-hydrogen) atoms. The van der Waals surface area contributed by atoms with Gasteiger partial charge in [0.1, 0.15) is 5.78 Å². The van der Waals surface area contributed by atoms with Crippen molar-refractivity contribution in [1.29, 1.82) is 0 Å². The van der Waals surface area contributed by atoms with Gasteiger partial charge in [-0.1, -0.05) is 0 Å². The Morgan fingerprint density at radius 2 is 1.82 bits per heavy atom. The van der Waals surface area contributed by atoms with E-state index in [-0.39, 0.29) is 17.6 Å². The number of hydrogen-bond acceptors (Lipinski definition) is 4. The maximum absolute atomic E-state index is 12.3. The van der Waals surface area contributed by atoms with E-state index >= 15 is 0 Å². The zero-order valence-corrected chi connectivity index (χ0v) is 11.1. The minimum Gasteiger partial charge on any atom is -0.306 e. The van der Waals surface area contributed by atoms with E-state index < -0.39 is 10.0 Å². The summed E-state index contributed by atoms with van der Waals surface area (Å²) in [5, 5.41) is -0.287. The summed E-state index contributed by atoms with van der Waals surface area (Å²) in [6.45, 7) is 2.26. The quantitative estimate of drug-likeness (QED) is 0.705. The lowest BCUT2D eigenvalue weighted by molar-refractivity contribution is -0.120. The summed E-state index contributed by atoms with van der Waals surface area (Å²) in [5.41, 5.74) is 0. The van der Waals surface area contributed by atoms with Crippen LogP contribution in [0.2, 0.25) is 0 Å². The SMILES string of the molecule is CN1CCC(S(=O)(=O)N2CCCC(=O)C2)CC1. The van der Waals surface area contributed by atoms with Gasteiger partial charge in [-0.25, -0.2) is 8.42 Å². The maximum atomic E-state index is 12.3. The Morgan fingerprint density at radius 1 is 1.18 bits per heavy atom. The van der Waals surface area contributed by atoms with Crippen molar-refractivity contribution < 1.29 is 13.2 Å². The topological polar surface area (TPSA) is 57.7 Å². The monoisotopic (exact) mass is 260 g/mol. The highest BCUT2D eigenvalue weighted by Crippen LogP contribution is 2.22. The van der Waals surface area contributed by atoms with Gasteiger partial charge in [-0.15, -0.1) is 0 Å². The highest BCUT2D eigenvalue weighted by Gasteiger charge is 2.36. The Bertz CT molecular complexity index is 386. The number of rotatable bonds is 2. The van der Waals surface area contributed by atoms with Crippen LogP contribution in [0.1, 0.15) is 25.7 Å². The molecule has 5 nitrogen and oxygen atoms in total. The molecule has 2 saturated heterocycles. The number of likely N-dealkylation sites (tertiary alicyclic amines) is 1. The molecule has 2 rings (SSSR count). The highest BCUT2D eigenvalue weighted by atomic mass is 32.2. The van der Waals surface area contributed by atoms with Crippen LogP contribution >= 0.6 is 0 Å². The molecule has 0 bridgehead atoms. The standard InChI is InChI=1S/C11H20N2O3S/c1-12-7-4-11(5-8-12)17(15,16)13-6-2-3-10(14)9-13/h11H,2-9H2,1H3. The molecular weight excluding hydrogens is 240 g/mol. The van der Waals surface area contributed by atoms with Crippen molar-refractivity contribution in [2.45, 2.75) is 30.9 Å². The lowest BCUT2D eigenvalue weighted by Gasteiger charge is -2.33. The normalized spacial score (nSPS) is 26.3. The minimum atomic E-state index is -3.26. The third-order valence-corrected chi connectivity index (χ3v) is 6.01. The molecule has 6 heteroatoms. The number of carbonyl (C=O) groups is 1. The third-order valence-electron chi connectivity index (χ3n) is 3.66. The zero-order valence-electron chi connectivity index (χ0n) is 10.3. The molecule has 0 saturated carbocycles. The number of carbonyl (C=O) groups excluding carboxylic acids is 1. The van der Waals surface area contributed by atoms with Crippen LogP contribution in [0, 0.1) is 0 Å². The second kappa shape index (κ2) is 5.04. The van der Waals surface area contributed by atoms with E-state index in [0.717, 1.165) is 13.1 Å². The average Bonchev–Trinajstić information content (AvgIpc) is 2.29. The first-order valence-corrected chi connectivity index (χ1v) is 7.69. The second-order valence-electron chi connectivity index (χ2n) is 5.02. The summed E-state index contributed by atoms with van der Waals surface area (Å²) in [6, 6.07) is 0. The van der Waals surface area contributed by atoms with E-state index in [1.807, 2.05) is 7.05 Å². The number of ketones is 1. The fraction of sp³-hybridized carbons (Fsp3) is 0.909. The van der Waals surface area contributed by atoms with Gasteiger partial charge >= 0.3 is 0 Å². The van der Waals surface area contributed by atoms with Crippen molar-refractivity contribution in [3.8, 4) is 0 Å². The van der Waals surface area contributed by atoms with Gasteiger partial charge in [0, 0.05) is 13.0 Å². The van der Waals surface area contributed by atoms with Crippen LogP contribution in [0.5, 0.6) is 0 Å². The van der Waals surface area contributed by atoms with Gasteiger partial charge in [-0.2, -0.15) is 4.31 Å². The van der Waals surface area contributed by atoms with E-state index in [9.17, 15) is 13.2 Å². The summed E-state index contributed by atoms with van der Waals surface area (Å²) >= 11 is 0. The van der Waals surface area contributed by atoms with Crippen molar-refractivity contribution in [3.05, 3.63) is 0 Å². The predicted octanol–water partition coefficient (Wildman–Crippen LogP) is 0.0753. The Labute approximate surface area is 103 Å². The fourth-order valence-electron chi connectivity index (χ4n) is 2.52. The van der Waals surface area contributed by atoms with Crippen LogP contribution in [0.15, 0.2) is 0 Å². The number of piperidine rings is 2. The van der Waals surface area contributed by atoms with E-state index in [1.165, 1.54) is 4.31 Å². The van der Waals surface area contributed by atoms with E-state index in [4.69, 9.17) is 0 Å². The van der Waals surface area contributed by atoms with Gasteiger partial charge in [0.15, 0.2) is 0 Å². The van der Waals surface area contributed by atoms with E-state index in [0.29, 0.717) is 32.2 Å². The van der Waals surface area contributed by atoms with Crippen molar-refractivity contribution in [2.24, 2.45) is 0 Å². The molecule has 0 aromatic heterocycles. The summed E-state index contributed by atoms with van der Waals surface area (Å²) in [5.74, 6) is 0.0488. The van der Waals surface area contributed by atoms with Crippen molar-refractivity contribution >= 4 is 15.8 Å². The minimum absolute atomic E-state index is 0.0488. The largest absolute Gasteiger partial charge is 0.306 e. The lowest BCUT2D eigenvalue weighted by atomic mass is 10.1. The molecule has 0 amide bonds. The first kappa shape index (κ1) is 13.0. The number of hydrogen-bond donors (Lipinski definition) is 0. The summed E-state index contributed by atoms with van der Waals surface area (Å²) < 4.78 is 26.1. The van der Waals surface area contributed by atoms with Crippen LogP contribution in [-0.2, 0) is 14.8 Å². The number of Topliss-reactive ketones (excluding diaryl/α,β-unsaturated/α-hetero) is 1. The zero-order chi connectivity index (χ0) is 12.5. The molecule has 2 aliphatic rings. The molecule has 0 aromatic rings. The summed E-state index contributed by atoms with van der Waals surface area (Å²) in [4.78, 5) is 13.5. The summed E-state index contributed by atoms with van der Waals surface area (Å²) in [6.07, 6.45) is 2.57. The van der Waals surface area contributed by atoms with Gasteiger partial charge in [0.05, 0.1) is 11.8 Å². The molecule has 0 spiro atoms. The Kier molecular flexibility index (Phi) is 3.85. The van der Waals surface area contributed by atoms with Crippen molar-refractivity contribution in [3.63, 3.8) is 0 Å². The fourth-order valence-corrected chi connectivity index (χ4v) is 4.45. The molecule has 0 unspecified atom stereocenters. The molecule has 0 aromatic carbocycles. The van der Waals surface area contributed by atoms with Gasteiger partial charge in [0.25, 0.3) is 0 Å². The molecular formula is C11H20N2O3S. The molecule has 2 aliphatic heterocycles. The smallest absolute Gasteiger partial charge is 0.217 e. The maximum Gasteiger partial charge on any atom is 0.217 e. The molecule has 2 fully saturated rings. The predicted molar refractivity (Wildman–Crippen MR) is 65.3 cm³/mol. The van der Waals surface area contributed by atoms with Gasteiger partial charge in [-0.3, -0.25) is 4.79 Å². The number of nitrogens with zero attached hydrogens (tertiary/aromatic N) is 2. The first-order chi connectivity index (χ1) is 8.00. The lowest BCUT2D eigenvalue weighted by Crippen LogP contribution is -2.47. The molecule has 0 aliphatic carbocycles. The first-order valence-electron chi connectivity index (χ1n) is 6.19. The van der Waals surface area contributed by atoms with Crippen molar-refractivity contribution in [2.75, 3.05) is 33.2 Å². The van der Waals surface area contributed by atoms with Gasteiger partial charge in [0.2, 0.25) is 10.0 Å². The van der Waals surface area contributed by atoms with Gasteiger partial charge < -0.3 is 4.90 Å². The van der Waals surface area contributed by atoms with Crippen LogP contribution in [-0.4, -0.2) is 61.9 Å². The Morgan fingerprint density at radius 3 is 2.41 bits per heavy atom. The Balaban J connectivity index is 2.05. The molecule has 0 N–H and O–H groups in total. The highest BCUT2D eigenvalue weighted by molar-refractivity contribution is 7.89. The summed E-state index contributed by atoms with van der Waals surface area (Å²) in [7, 11) is -1.25. The average molecular weight is 260 g/mol. The van der Waals surface area contributed by atoms with Crippen LogP contribution in [0.4, 0.5) is 0 Å². The van der Waals surface area contributed by atoms with Crippen molar-refractivity contribution in [1.82, 2.24) is 9.21 Å². The molecule has 98 valence electrons. The molecule has 0 atom stereocenters. The van der Waals surface area contributed by atoms with Gasteiger partial charge in [-0.05, 0) is 39.4 Å². The number of sulfonamides is 1. The second-order valence-corrected chi connectivity index (χ2v) is 7.24. The van der Waals surface area contributed by atoms with E-state index in [1.54, 1.807) is 0 Å². The molecule has 2 heterocycles. The molecule has 0 radical (unpaired) electrons. The van der Waals surface area contributed by atoms with E-state index in [2.05, 4.69) is 4.90 Å². The van der Waals surface area contributed by atoms with Crippen LogP contribution < -0.4 is 0 Å².